The van der Waals surface area contributed by atoms with E-state index in [1.165, 1.54) is 6.07 Å². The summed E-state index contributed by atoms with van der Waals surface area (Å²) in [5, 5.41) is 0. The molecule has 0 radical (unpaired) electrons. The number of nitrogens with zero attached hydrogens (tertiary/aromatic N) is 2. The summed E-state index contributed by atoms with van der Waals surface area (Å²) in [6, 6.07) is 35.1. The lowest BCUT2D eigenvalue weighted by atomic mass is 9.98. The second kappa shape index (κ2) is 12.6. The van der Waals surface area contributed by atoms with Crippen LogP contribution >= 0.6 is 0 Å². The van der Waals surface area contributed by atoms with Gasteiger partial charge in [0.2, 0.25) is 0 Å². The lowest BCUT2D eigenvalue weighted by Crippen LogP contribution is -2.49. The van der Waals surface area contributed by atoms with Crippen LogP contribution in [0.2, 0.25) is 0 Å². The van der Waals surface area contributed by atoms with Crippen LogP contribution in [0.1, 0.15) is 38.8 Å². The molecule has 5 aromatic carbocycles. The first-order valence-electron chi connectivity index (χ1n) is 14.9. The van der Waals surface area contributed by atoms with Crippen molar-refractivity contribution in [2.75, 3.05) is 28.7 Å². The number of hydrogen-bond donors (Lipinski definition) is 1. The number of methoxy groups -OCH3 is 2. The van der Waals surface area contributed by atoms with E-state index in [4.69, 9.17) is 9.47 Å². The Balaban J connectivity index is 1.56. The van der Waals surface area contributed by atoms with E-state index in [2.05, 4.69) is 9.62 Å². The molecule has 1 atom stereocenters. The molecule has 9 heteroatoms. The smallest absolute Gasteiger partial charge is 0.262 e. The van der Waals surface area contributed by atoms with Crippen molar-refractivity contribution in [3.63, 3.8) is 0 Å². The highest BCUT2D eigenvalue weighted by molar-refractivity contribution is 7.92. The van der Waals surface area contributed by atoms with Gasteiger partial charge in [0.1, 0.15) is 6.17 Å². The molecule has 1 amide bonds. The molecule has 8 nitrogen and oxygen atoms in total. The number of sulfonamides is 1. The Morgan fingerprint density at radius 3 is 2.09 bits per heavy atom. The van der Waals surface area contributed by atoms with Gasteiger partial charge in [-0.05, 0) is 67.9 Å². The van der Waals surface area contributed by atoms with Crippen molar-refractivity contribution in [2.24, 2.45) is 0 Å². The van der Waals surface area contributed by atoms with Crippen LogP contribution in [0, 0.1) is 13.8 Å². The third-order valence-electron chi connectivity index (χ3n) is 8.10. The van der Waals surface area contributed by atoms with Crippen molar-refractivity contribution in [3.8, 4) is 11.5 Å². The number of aryl methyl sites for hydroxylation is 2. The minimum absolute atomic E-state index is 0.0129. The molecule has 0 bridgehead atoms. The molecule has 0 aromatic heterocycles. The van der Waals surface area contributed by atoms with Crippen molar-refractivity contribution in [2.45, 2.75) is 31.5 Å². The Hall–Kier alpha value is -5.28. The van der Waals surface area contributed by atoms with E-state index in [-0.39, 0.29) is 16.4 Å². The fourth-order valence-corrected chi connectivity index (χ4v) is 6.87. The topological polar surface area (TPSA) is 88.2 Å². The van der Waals surface area contributed by atoms with E-state index in [9.17, 15) is 13.2 Å². The molecule has 0 spiro atoms. The third-order valence-corrected chi connectivity index (χ3v) is 9.48. The van der Waals surface area contributed by atoms with Gasteiger partial charge in [0.15, 0.2) is 11.5 Å². The second-order valence-corrected chi connectivity index (χ2v) is 12.9. The fourth-order valence-electron chi connectivity index (χ4n) is 5.79. The summed E-state index contributed by atoms with van der Waals surface area (Å²) in [5.74, 6) is 0.693. The third kappa shape index (κ3) is 5.89. The minimum Gasteiger partial charge on any atom is -0.493 e. The van der Waals surface area contributed by atoms with Gasteiger partial charge in [0.25, 0.3) is 15.9 Å². The zero-order valence-electron chi connectivity index (χ0n) is 26.1. The summed E-state index contributed by atoms with van der Waals surface area (Å²) in [6.45, 7) is 4.34. The largest absolute Gasteiger partial charge is 0.493 e. The molecule has 1 aliphatic heterocycles. The maximum atomic E-state index is 14.7. The predicted octanol–water partition coefficient (Wildman–Crippen LogP) is 7.49. The molecule has 1 heterocycles. The molecule has 6 rings (SSSR count). The van der Waals surface area contributed by atoms with Crippen LogP contribution in [-0.4, -0.2) is 28.5 Å². The quantitative estimate of drug-likeness (QED) is 0.181. The number of rotatable bonds is 9. The van der Waals surface area contributed by atoms with Gasteiger partial charge in [0.05, 0.1) is 30.4 Å². The molecule has 0 saturated heterocycles. The van der Waals surface area contributed by atoms with Gasteiger partial charge in [-0.15, -0.1) is 0 Å². The summed E-state index contributed by atoms with van der Waals surface area (Å²) in [4.78, 5) is 18.5. The van der Waals surface area contributed by atoms with Crippen molar-refractivity contribution >= 4 is 33.0 Å². The molecule has 1 N–H and O–H groups in total. The number of anilines is 3. The van der Waals surface area contributed by atoms with Gasteiger partial charge < -0.3 is 14.4 Å². The summed E-state index contributed by atoms with van der Waals surface area (Å²) in [5.41, 5.74) is 5.74. The number of carbonyl (C=O) groups excluding carboxylic acids is 1. The van der Waals surface area contributed by atoms with Gasteiger partial charge in [-0.25, -0.2) is 8.42 Å². The molecule has 1 aliphatic rings. The zero-order valence-corrected chi connectivity index (χ0v) is 26.9. The highest BCUT2D eigenvalue weighted by Gasteiger charge is 2.42. The van der Waals surface area contributed by atoms with Crippen molar-refractivity contribution < 1.29 is 22.7 Å². The van der Waals surface area contributed by atoms with E-state index in [1.54, 1.807) is 43.4 Å². The van der Waals surface area contributed by atoms with Crippen molar-refractivity contribution in [3.05, 3.63) is 143 Å². The first-order chi connectivity index (χ1) is 22.2. The maximum absolute atomic E-state index is 14.7. The molecular weight excluding hydrogens is 598 g/mol. The molecule has 0 saturated carbocycles. The van der Waals surface area contributed by atoms with Gasteiger partial charge in [-0.3, -0.25) is 14.4 Å². The minimum atomic E-state index is -4.01. The number of ether oxygens (including phenoxy) is 2. The summed E-state index contributed by atoms with van der Waals surface area (Å²) >= 11 is 0. The number of amides is 1. The Kier molecular flexibility index (Phi) is 8.42. The van der Waals surface area contributed by atoms with E-state index >= 15 is 0 Å². The fraction of sp³-hybridized carbons (Fsp3) is 0.162. The van der Waals surface area contributed by atoms with Crippen molar-refractivity contribution in [1.29, 1.82) is 0 Å². The lowest BCUT2D eigenvalue weighted by molar-refractivity contribution is 0.0967. The van der Waals surface area contributed by atoms with Gasteiger partial charge in [0, 0.05) is 23.5 Å². The van der Waals surface area contributed by atoms with Crippen LogP contribution in [0.4, 0.5) is 17.1 Å². The van der Waals surface area contributed by atoms with Gasteiger partial charge in [-0.2, -0.15) is 0 Å². The average Bonchev–Trinajstić information content (AvgIpc) is 3.07. The van der Waals surface area contributed by atoms with E-state index in [1.807, 2.05) is 98.8 Å². The van der Waals surface area contributed by atoms with Crippen molar-refractivity contribution in [1.82, 2.24) is 0 Å². The molecule has 5 aromatic rings. The van der Waals surface area contributed by atoms with Crippen LogP contribution in [-0.2, 0) is 16.6 Å². The number of para-hydroxylation sites is 1. The molecular formula is C37H35N3O5S. The molecule has 234 valence electrons. The molecule has 46 heavy (non-hydrogen) atoms. The van der Waals surface area contributed by atoms with Crippen LogP contribution in [0.3, 0.4) is 0 Å². The average molecular weight is 634 g/mol. The Bertz CT molecular complexity index is 1980. The number of nitrogens with one attached hydrogen (secondary N) is 1. The van der Waals surface area contributed by atoms with E-state index in [0.717, 1.165) is 22.3 Å². The molecule has 0 aliphatic carbocycles. The van der Waals surface area contributed by atoms with Gasteiger partial charge >= 0.3 is 0 Å². The Labute approximate surface area is 269 Å². The Morgan fingerprint density at radius 2 is 1.43 bits per heavy atom. The van der Waals surface area contributed by atoms with E-state index < -0.39 is 16.2 Å². The van der Waals surface area contributed by atoms with Crippen LogP contribution in [0.25, 0.3) is 0 Å². The maximum Gasteiger partial charge on any atom is 0.262 e. The number of fused-ring (bicyclic) bond motifs is 1. The lowest BCUT2D eigenvalue weighted by Gasteiger charge is -2.46. The Morgan fingerprint density at radius 1 is 0.761 bits per heavy atom. The summed E-state index contributed by atoms with van der Waals surface area (Å²) in [7, 11) is -0.851. The molecule has 0 fully saturated rings. The number of hydrogen-bond acceptors (Lipinski definition) is 6. The van der Waals surface area contributed by atoms with E-state index in [0.29, 0.717) is 35.1 Å². The predicted molar refractivity (Wildman–Crippen MR) is 181 cm³/mol. The van der Waals surface area contributed by atoms with Crippen LogP contribution in [0.15, 0.2) is 120 Å². The number of carbonyl (C=O) groups is 1. The second-order valence-electron chi connectivity index (χ2n) is 11.2. The SMILES string of the molecule is COc1cccc([C@@H]2N(Cc3ccccc3)c3ccc(S(=O)(=O)Nc4ccc(C)cc4)cc3C(=O)N2c2ccc(C)cc2)c1OC. The zero-order chi connectivity index (χ0) is 32.4. The first kappa shape index (κ1) is 30.7. The highest BCUT2D eigenvalue weighted by atomic mass is 32.2. The van der Waals surface area contributed by atoms with Crippen LogP contribution < -0.4 is 24.0 Å². The highest BCUT2D eigenvalue weighted by Crippen LogP contribution is 2.47. The summed E-state index contributed by atoms with van der Waals surface area (Å²) in [6.07, 6.45) is -0.666. The number of benzene rings is 5. The standard InChI is InChI=1S/C37H35N3O5S/c1-25-13-17-28(18-14-25)38-46(42,43)30-21-22-33-32(23-30)37(41)40(29-19-15-26(2)16-20-29)36(39(33)24-27-9-6-5-7-10-27)31-11-8-12-34(44-3)35(31)45-4/h5-23,36,38H,24H2,1-4H3/t36-/m1/s1. The normalized spacial score (nSPS) is 14.5. The van der Waals surface area contributed by atoms with Crippen LogP contribution in [0.5, 0.6) is 11.5 Å². The first-order valence-corrected chi connectivity index (χ1v) is 16.3. The molecule has 0 unspecified atom stereocenters. The summed E-state index contributed by atoms with van der Waals surface area (Å²) < 4.78 is 41.4. The monoisotopic (exact) mass is 633 g/mol. The van der Waals surface area contributed by atoms with Gasteiger partial charge in [-0.1, -0.05) is 77.9 Å².